The molecular formula is C12H19NO3. The van der Waals surface area contributed by atoms with Gasteiger partial charge in [0.05, 0.1) is 13.2 Å². The number of aliphatic hydroxyl groups is 1. The van der Waals surface area contributed by atoms with Gasteiger partial charge in [0, 0.05) is 11.6 Å². The molecule has 0 bridgehead atoms. The highest BCUT2D eigenvalue weighted by Gasteiger charge is 2.21. The van der Waals surface area contributed by atoms with E-state index in [9.17, 15) is 10.2 Å². The molecule has 0 aliphatic rings. The molecule has 1 aromatic rings. The molecule has 0 aliphatic heterocycles. The normalized spacial score (nSPS) is 14.6. The molecule has 0 saturated carbocycles. The number of hydrogen-bond acceptors (Lipinski definition) is 4. The Kier molecular flexibility index (Phi) is 3.78. The van der Waals surface area contributed by atoms with Crippen molar-refractivity contribution in [1.29, 1.82) is 0 Å². The summed E-state index contributed by atoms with van der Waals surface area (Å²) in [6.45, 7) is 5.44. The number of hydrogen-bond donors (Lipinski definition) is 3. The van der Waals surface area contributed by atoms with E-state index in [1.807, 2.05) is 13.8 Å². The lowest BCUT2D eigenvalue weighted by atomic mass is 9.97. The number of phenolic OH excluding ortho intramolecular Hbond substituents is 1. The van der Waals surface area contributed by atoms with E-state index in [2.05, 4.69) is 0 Å². The number of phenols is 1. The van der Waals surface area contributed by atoms with Gasteiger partial charge in [0.25, 0.3) is 0 Å². The first kappa shape index (κ1) is 12.8. The summed E-state index contributed by atoms with van der Waals surface area (Å²) in [6, 6.07) is 1.29. The molecule has 1 rings (SSSR count). The Morgan fingerprint density at radius 3 is 2.38 bits per heavy atom. The summed E-state index contributed by atoms with van der Waals surface area (Å²) in [5.74, 6) is 0.366. The van der Waals surface area contributed by atoms with Crippen molar-refractivity contribution in [2.45, 2.75) is 32.9 Å². The van der Waals surface area contributed by atoms with Crippen molar-refractivity contribution in [3.05, 3.63) is 22.8 Å². The van der Waals surface area contributed by atoms with Gasteiger partial charge in [-0.1, -0.05) is 0 Å². The SMILES string of the molecule is COc1c(C)c(C)cc(C(O)C(C)N)c1O. The van der Waals surface area contributed by atoms with Gasteiger partial charge in [0.2, 0.25) is 0 Å². The van der Waals surface area contributed by atoms with Gasteiger partial charge in [0.1, 0.15) is 0 Å². The van der Waals surface area contributed by atoms with E-state index in [4.69, 9.17) is 10.5 Å². The molecular weight excluding hydrogens is 206 g/mol. The smallest absolute Gasteiger partial charge is 0.164 e. The van der Waals surface area contributed by atoms with Crippen LogP contribution in [0.15, 0.2) is 6.07 Å². The number of benzene rings is 1. The average molecular weight is 225 g/mol. The lowest BCUT2D eigenvalue weighted by Crippen LogP contribution is -2.24. The molecule has 0 radical (unpaired) electrons. The highest BCUT2D eigenvalue weighted by molar-refractivity contribution is 5.54. The Morgan fingerprint density at radius 1 is 1.38 bits per heavy atom. The third kappa shape index (κ3) is 2.13. The van der Waals surface area contributed by atoms with Crippen LogP contribution in [0.1, 0.15) is 29.7 Å². The molecule has 16 heavy (non-hydrogen) atoms. The minimum Gasteiger partial charge on any atom is -0.504 e. The highest BCUT2D eigenvalue weighted by atomic mass is 16.5. The molecule has 4 nitrogen and oxygen atoms in total. The fourth-order valence-corrected chi connectivity index (χ4v) is 1.66. The van der Waals surface area contributed by atoms with Crippen molar-refractivity contribution in [1.82, 2.24) is 0 Å². The summed E-state index contributed by atoms with van der Waals surface area (Å²) >= 11 is 0. The Hall–Kier alpha value is -1.26. The van der Waals surface area contributed by atoms with E-state index in [0.717, 1.165) is 11.1 Å². The van der Waals surface area contributed by atoms with E-state index >= 15 is 0 Å². The number of methoxy groups -OCH3 is 1. The van der Waals surface area contributed by atoms with Gasteiger partial charge in [0.15, 0.2) is 11.5 Å². The average Bonchev–Trinajstić information content (AvgIpc) is 2.23. The van der Waals surface area contributed by atoms with E-state index < -0.39 is 12.1 Å². The summed E-state index contributed by atoms with van der Waals surface area (Å²) in [7, 11) is 1.49. The van der Waals surface area contributed by atoms with Gasteiger partial charge in [-0.15, -0.1) is 0 Å². The zero-order valence-electron chi connectivity index (χ0n) is 10.1. The maximum Gasteiger partial charge on any atom is 0.164 e. The molecule has 0 amide bonds. The van der Waals surface area contributed by atoms with Crippen molar-refractivity contribution in [3.63, 3.8) is 0 Å². The van der Waals surface area contributed by atoms with Crippen LogP contribution in [-0.4, -0.2) is 23.4 Å². The lowest BCUT2D eigenvalue weighted by molar-refractivity contribution is 0.149. The molecule has 0 spiro atoms. The highest BCUT2D eigenvalue weighted by Crippen LogP contribution is 2.38. The Balaban J connectivity index is 3.36. The van der Waals surface area contributed by atoms with Gasteiger partial charge in [-0.2, -0.15) is 0 Å². The van der Waals surface area contributed by atoms with Crippen LogP contribution in [0.4, 0.5) is 0 Å². The van der Waals surface area contributed by atoms with E-state index in [0.29, 0.717) is 11.3 Å². The van der Waals surface area contributed by atoms with Gasteiger partial charge in [-0.25, -0.2) is 0 Å². The molecule has 0 heterocycles. The van der Waals surface area contributed by atoms with Crippen LogP contribution in [0.3, 0.4) is 0 Å². The first-order valence-electron chi connectivity index (χ1n) is 5.20. The number of aliphatic hydroxyl groups excluding tert-OH is 1. The largest absolute Gasteiger partial charge is 0.504 e. The lowest BCUT2D eigenvalue weighted by Gasteiger charge is -2.20. The zero-order valence-corrected chi connectivity index (χ0v) is 10.1. The number of nitrogens with two attached hydrogens (primary N) is 1. The van der Waals surface area contributed by atoms with Crippen LogP contribution in [-0.2, 0) is 0 Å². The maximum absolute atomic E-state index is 9.97. The molecule has 90 valence electrons. The molecule has 1 aromatic carbocycles. The Morgan fingerprint density at radius 2 is 1.94 bits per heavy atom. The second-order valence-corrected chi connectivity index (χ2v) is 4.09. The van der Waals surface area contributed by atoms with Crippen LogP contribution >= 0.6 is 0 Å². The van der Waals surface area contributed by atoms with E-state index in [-0.39, 0.29) is 5.75 Å². The van der Waals surface area contributed by atoms with E-state index in [1.165, 1.54) is 7.11 Å². The van der Waals surface area contributed by atoms with E-state index in [1.54, 1.807) is 13.0 Å². The first-order chi connectivity index (χ1) is 7.40. The maximum atomic E-state index is 9.97. The van der Waals surface area contributed by atoms with Crippen molar-refractivity contribution in [2.75, 3.05) is 7.11 Å². The standard InChI is InChI=1S/C12H19NO3/c1-6-5-9(10(14)8(3)13)11(15)12(16-4)7(6)2/h5,8,10,14-15H,13H2,1-4H3. The van der Waals surface area contributed by atoms with Gasteiger partial charge in [-0.05, 0) is 38.0 Å². The molecule has 4 heteroatoms. The molecule has 0 aromatic heterocycles. The number of aryl methyl sites for hydroxylation is 1. The zero-order chi connectivity index (χ0) is 12.5. The minimum absolute atomic E-state index is 0.0320. The summed E-state index contributed by atoms with van der Waals surface area (Å²) < 4.78 is 5.13. The predicted octanol–water partition coefficient (Wildman–Crippen LogP) is 1.40. The Labute approximate surface area is 95.7 Å². The summed E-state index contributed by atoms with van der Waals surface area (Å²) in [5.41, 5.74) is 7.84. The summed E-state index contributed by atoms with van der Waals surface area (Å²) in [5, 5.41) is 19.8. The first-order valence-corrected chi connectivity index (χ1v) is 5.20. The Bertz CT molecular complexity index is 388. The summed E-state index contributed by atoms with van der Waals surface area (Å²) in [4.78, 5) is 0. The molecule has 0 aliphatic carbocycles. The van der Waals surface area contributed by atoms with Crippen LogP contribution in [0.2, 0.25) is 0 Å². The molecule has 2 atom stereocenters. The molecule has 0 fully saturated rings. The fourth-order valence-electron chi connectivity index (χ4n) is 1.66. The monoisotopic (exact) mass is 225 g/mol. The van der Waals surface area contributed by atoms with Crippen molar-refractivity contribution in [3.8, 4) is 11.5 Å². The minimum atomic E-state index is -0.895. The van der Waals surface area contributed by atoms with Crippen LogP contribution < -0.4 is 10.5 Å². The third-order valence-corrected chi connectivity index (χ3v) is 2.81. The fraction of sp³-hybridized carbons (Fsp3) is 0.500. The van der Waals surface area contributed by atoms with Gasteiger partial charge < -0.3 is 20.7 Å². The third-order valence-electron chi connectivity index (χ3n) is 2.81. The second-order valence-electron chi connectivity index (χ2n) is 4.09. The van der Waals surface area contributed by atoms with Crippen molar-refractivity contribution >= 4 is 0 Å². The molecule has 4 N–H and O–H groups in total. The predicted molar refractivity (Wildman–Crippen MR) is 62.7 cm³/mol. The number of aromatic hydroxyl groups is 1. The molecule has 0 saturated heterocycles. The summed E-state index contributed by atoms with van der Waals surface area (Å²) in [6.07, 6.45) is -0.895. The number of rotatable bonds is 3. The molecule has 2 unspecified atom stereocenters. The van der Waals surface area contributed by atoms with Crippen LogP contribution in [0, 0.1) is 13.8 Å². The van der Waals surface area contributed by atoms with Gasteiger partial charge in [-0.3, -0.25) is 0 Å². The topological polar surface area (TPSA) is 75.7 Å². The van der Waals surface area contributed by atoms with Crippen LogP contribution in [0.5, 0.6) is 11.5 Å². The van der Waals surface area contributed by atoms with Crippen LogP contribution in [0.25, 0.3) is 0 Å². The second kappa shape index (κ2) is 4.72. The van der Waals surface area contributed by atoms with Crippen molar-refractivity contribution in [2.24, 2.45) is 5.73 Å². The van der Waals surface area contributed by atoms with Crippen molar-refractivity contribution < 1.29 is 14.9 Å². The number of ether oxygens (including phenoxy) is 1. The van der Waals surface area contributed by atoms with Gasteiger partial charge >= 0.3 is 0 Å². The quantitative estimate of drug-likeness (QED) is 0.726.